The van der Waals surface area contributed by atoms with Crippen LogP contribution in [0.3, 0.4) is 0 Å². The highest BCUT2D eigenvalue weighted by Crippen LogP contribution is 2.25. The summed E-state index contributed by atoms with van der Waals surface area (Å²) in [6.07, 6.45) is -0.550. The summed E-state index contributed by atoms with van der Waals surface area (Å²) >= 11 is 0. The van der Waals surface area contributed by atoms with Crippen molar-refractivity contribution in [1.29, 1.82) is 0 Å². The first-order valence-electron chi connectivity index (χ1n) is 10.8. The van der Waals surface area contributed by atoms with Gasteiger partial charge in [-0.1, -0.05) is 36.4 Å². The third kappa shape index (κ3) is 5.49. The van der Waals surface area contributed by atoms with Crippen molar-refractivity contribution in [2.45, 2.75) is 6.10 Å². The van der Waals surface area contributed by atoms with Crippen LogP contribution in [0.5, 0.6) is 5.75 Å². The fourth-order valence-electron chi connectivity index (χ4n) is 4.09. The molecule has 2 aromatic carbocycles. The molecular formula is C23H31N3O4. The van der Waals surface area contributed by atoms with Gasteiger partial charge in [-0.05, 0) is 11.5 Å². The van der Waals surface area contributed by atoms with E-state index in [1.54, 1.807) is 0 Å². The van der Waals surface area contributed by atoms with Gasteiger partial charge in [0.2, 0.25) is 5.91 Å². The number of carbonyl (C=O) groups is 1. The monoisotopic (exact) mass is 413 g/mol. The zero-order valence-electron chi connectivity index (χ0n) is 17.4. The van der Waals surface area contributed by atoms with Gasteiger partial charge < -0.3 is 19.5 Å². The summed E-state index contributed by atoms with van der Waals surface area (Å²) in [5.41, 5.74) is 0. The number of aliphatic hydroxyl groups excluding tert-OH is 1. The quantitative estimate of drug-likeness (QED) is 0.732. The number of fused-ring (bicyclic) bond motifs is 1. The number of morpholine rings is 1. The molecule has 7 nitrogen and oxygen atoms in total. The maximum absolute atomic E-state index is 12.4. The van der Waals surface area contributed by atoms with Crippen LogP contribution >= 0.6 is 0 Å². The van der Waals surface area contributed by atoms with Gasteiger partial charge in [0.1, 0.15) is 18.5 Å². The van der Waals surface area contributed by atoms with E-state index < -0.39 is 6.10 Å². The lowest BCUT2D eigenvalue weighted by Gasteiger charge is -2.36. The van der Waals surface area contributed by atoms with Gasteiger partial charge in [0, 0.05) is 51.2 Å². The molecule has 2 aliphatic heterocycles. The normalized spacial score (nSPS) is 19.7. The van der Waals surface area contributed by atoms with Crippen molar-refractivity contribution in [3.05, 3.63) is 42.5 Å². The fraction of sp³-hybridized carbons (Fsp3) is 0.522. The number of benzene rings is 2. The topological polar surface area (TPSA) is 65.5 Å². The number of ether oxygens (including phenoxy) is 2. The van der Waals surface area contributed by atoms with E-state index in [0.29, 0.717) is 39.4 Å². The second-order valence-corrected chi connectivity index (χ2v) is 8.01. The van der Waals surface area contributed by atoms with Crippen molar-refractivity contribution in [1.82, 2.24) is 14.7 Å². The number of carbonyl (C=O) groups excluding carboxylic acids is 1. The predicted octanol–water partition coefficient (Wildman–Crippen LogP) is 1.06. The number of hydrogen-bond acceptors (Lipinski definition) is 6. The number of nitrogens with zero attached hydrogens (tertiary/aromatic N) is 3. The maximum atomic E-state index is 12.4. The van der Waals surface area contributed by atoms with E-state index in [1.165, 1.54) is 0 Å². The van der Waals surface area contributed by atoms with E-state index in [0.717, 1.165) is 42.7 Å². The van der Waals surface area contributed by atoms with Crippen LogP contribution in [-0.4, -0.2) is 104 Å². The zero-order chi connectivity index (χ0) is 20.8. The Morgan fingerprint density at radius 1 is 0.967 bits per heavy atom. The number of β-amino-alcohol motifs (C(OH)–C–C–N with tert-alkyl or cyclic N) is 1. The molecule has 1 atom stereocenters. The third-order valence-electron chi connectivity index (χ3n) is 5.84. The Labute approximate surface area is 177 Å². The smallest absolute Gasteiger partial charge is 0.236 e. The fourth-order valence-corrected chi connectivity index (χ4v) is 4.09. The van der Waals surface area contributed by atoms with E-state index in [-0.39, 0.29) is 12.5 Å². The molecule has 30 heavy (non-hydrogen) atoms. The Morgan fingerprint density at radius 2 is 1.67 bits per heavy atom. The minimum atomic E-state index is -0.550. The molecule has 2 saturated heterocycles. The van der Waals surface area contributed by atoms with Crippen LogP contribution in [0.25, 0.3) is 10.8 Å². The average Bonchev–Trinajstić information content (AvgIpc) is 2.79. The van der Waals surface area contributed by atoms with E-state index >= 15 is 0 Å². The summed E-state index contributed by atoms with van der Waals surface area (Å²) in [6, 6.07) is 14.1. The lowest BCUT2D eigenvalue weighted by molar-refractivity contribution is -0.137. The number of rotatable bonds is 7. The van der Waals surface area contributed by atoms with Gasteiger partial charge in [-0.3, -0.25) is 14.6 Å². The SMILES string of the molecule is O=C(CN1CCN(CC(O)COc2cccc3ccccc23)CC1)N1CCOCC1. The van der Waals surface area contributed by atoms with Gasteiger partial charge in [-0.2, -0.15) is 0 Å². The molecular weight excluding hydrogens is 382 g/mol. The standard InChI is InChI=1S/C23H31N3O4/c27-20(18-30-22-7-3-5-19-4-1-2-6-21(19)22)16-24-8-10-25(11-9-24)17-23(28)26-12-14-29-15-13-26/h1-7,20,27H,8-18H2. The number of hydrogen-bond donors (Lipinski definition) is 1. The summed E-state index contributed by atoms with van der Waals surface area (Å²) in [5.74, 6) is 0.994. The van der Waals surface area contributed by atoms with Crippen molar-refractivity contribution in [2.75, 3.05) is 72.2 Å². The molecule has 2 aliphatic rings. The molecule has 0 bridgehead atoms. The largest absolute Gasteiger partial charge is 0.490 e. The van der Waals surface area contributed by atoms with Crippen LogP contribution in [-0.2, 0) is 9.53 Å². The molecule has 0 saturated carbocycles. The first-order chi connectivity index (χ1) is 14.7. The van der Waals surface area contributed by atoms with Gasteiger partial charge in [0.15, 0.2) is 0 Å². The molecule has 1 amide bonds. The van der Waals surface area contributed by atoms with Gasteiger partial charge in [0.05, 0.1) is 19.8 Å². The van der Waals surface area contributed by atoms with Crippen molar-refractivity contribution >= 4 is 16.7 Å². The Bertz CT molecular complexity index is 827. The van der Waals surface area contributed by atoms with Crippen molar-refractivity contribution in [3.63, 3.8) is 0 Å². The van der Waals surface area contributed by atoms with Crippen molar-refractivity contribution < 1.29 is 19.4 Å². The van der Waals surface area contributed by atoms with Gasteiger partial charge in [-0.15, -0.1) is 0 Å². The predicted molar refractivity (Wildman–Crippen MR) is 116 cm³/mol. The molecule has 1 unspecified atom stereocenters. The van der Waals surface area contributed by atoms with Crippen molar-refractivity contribution in [2.24, 2.45) is 0 Å². The minimum absolute atomic E-state index is 0.190. The molecule has 1 N–H and O–H groups in total. The Morgan fingerprint density at radius 3 is 2.47 bits per heavy atom. The van der Waals surface area contributed by atoms with Crippen molar-refractivity contribution in [3.8, 4) is 5.75 Å². The van der Waals surface area contributed by atoms with Gasteiger partial charge in [-0.25, -0.2) is 0 Å². The molecule has 0 radical (unpaired) electrons. The van der Waals surface area contributed by atoms with Crippen LogP contribution in [0, 0.1) is 0 Å². The van der Waals surface area contributed by atoms with E-state index in [2.05, 4.69) is 21.9 Å². The van der Waals surface area contributed by atoms with E-state index in [1.807, 2.05) is 35.2 Å². The molecule has 2 aromatic rings. The van der Waals surface area contributed by atoms with Crippen LogP contribution in [0.4, 0.5) is 0 Å². The Balaban J connectivity index is 1.19. The Hall–Kier alpha value is -2.19. The molecule has 162 valence electrons. The lowest BCUT2D eigenvalue weighted by Crippen LogP contribution is -2.52. The second kappa shape index (κ2) is 10.2. The molecule has 0 spiro atoms. The maximum Gasteiger partial charge on any atom is 0.236 e. The highest BCUT2D eigenvalue weighted by Gasteiger charge is 2.24. The van der Waals surface area contributed by atoms with E-state index in [9.17, 15) is 9.90 Å². The summed E-state index contributed by atoms with van der Waals surface area (Å²) < 4.78 is 11.2. The molecule has 2 heterocycles. The summed E-state index contributed by atoms with van der Waals surface area (Å²) in [4.78, 5) is 18.7. The summed E-state index contributed by atoms with van der Waals surface area (Å²) in [5, 5.41) is 12.7. The summed E-state index contributed by atoms with van der Waals surface area (Å²) in [7, 11) is 0. The molecule has 7 heteroatoms. The third-order valence-corrected chi connectivity index (χ3v) is 5.84. The zero-order valence-corrected chi connectivity index (χ0v) is 17.4. The molecule has 4 rings (SSSR count). The number of aliphatic hydroxyl groups is 1. The first-order valence-corrected chi connectivity index (χ1v) is 10.8. The summed E-state index contributed by atoms with van der Waals surface area (Å²) in [6.45, 7) is 7.36. The Kier molecular flexibility index (Phi) is 7.17. The average molecular weight is 414 g/mol. The highest BCUT2D eigenvalue weighted by molar-refractivity contribution is 5.88. The van der Waals surface area contributed by atoms with Crippen LogP contribution in [0.1, 0.15) is 0 Å². The molecule has 0 aliphatic carbocycles. The molecule has 0 aromatic heterocycles. The van der Waals surface area contributed by atoms with Crippen LogP contribution in [0.2, 0.25) is 0 Å². The molecule has 2 fully saturated rings. The first kappa shape index (κ1) is 21.1. The van der Waals surface area contributed by atoms with Crippen LogP contribution < -0.4 is 4.74 Å². The lowest BCUT2D eigenvalue weighted by atomic mass is 10.1. The van der Waals surface area contributed by atoms with Gasteiger partial charge >= 0.3 is 0 Å². The van der Waals surface area contributed by atoms with Gasteiger partial charge in [0.25, 0.3) is 0 Å². The minimum Gasteiger partial charge on any atom is -0.490 e. The second-order valence-electron chi connectivity index (χ2n) is 8.01. The van der Waals surface area contributed by atoms with E-state index in [4.69, 9.17) is 9.47 Å². The highest BCUT2D eigenvalue weighted by atomic mass is 16.5. The number of amides is 1. The van der Waals surface area contributed by atoms with Crippen LogP contribution in [0.15, 0.2) is 42.5 Å². The number of piperazine rings is 1.